The van der Waals surface area contributed by atoms with Crippen molar-refractivity contribution in [1.29, 1.82) is 0 Å². The van der Waals surface area contributed by atoms with E-state index in [1.807, 2.05) is 20.8 Å². The number of aliphatic carboxylic acids is 1. The number of carboxylic acids is 1. The van der Waals surface area contributed by atoms with Crippen molar-refractivity contribution in [2.45, 2.75) is 47.1 Å². The third-order valence-corrected chi connectivity index (χ3v) is 3.54. The van der Waals surface area contributed by atoms with Gasteiger partial charge in [0, 0.05) is 13.1 Å². The van der Waals surface area contributed by atoms with Gasteiger partial charge in [0.1, 0.15) is 6.04 Å². The Morgan fingerprint density at radius 3 is 2.05 bits per heavy atom. The molecule has 2 amide bonds. The summed E-state index contributed by atoms with van der Waals surface area (Å²) in [5.74, 6) is -0.0567. The van der Waals surface area contributed by atoms with Crippen molar-refractivity contribution in [3.63, 3.8) is 0 Å². The summed E-state index contributed by atoms with van der Waals surface area (Å²) < 4.78 is 0. The van der Waals surface area contributed by atoms with Crippen LogP contribution in [0.1, 0.15) is 41.0 Å². The first-order chi connectivity index (χ1) is 8.61. The van der Waals surface area contributed by atoms with Crippen molar-refractivity contribution in [2.75, 3.05) is 13.1 Å². The summed E-state index contributed by atoms with van der Waals surface area (Å²) in [6, 6.07) is -1.13. The van der Waals surface area contributed by atoms with Gasteiger partial charge in [0.05, 0.1) is 0 Å². The first-order valence-corrected chi connectivity index (χ1v) is 6.89. The minimum absolute atomic E-state index is 0.263. The van der Waals surface area contributed by atoms with Crippen molar-refractivity contribution in [1.82, 2.24) is 10.2 Å². The van der Waals surface area contributed by atoms with Gasteiger partial charge in [0.25, 0.3) is 0 Å². The van der Waals surface area contributed by atoms with Gasteiger partial charge in [0.15, 0.2) is 0 Å². The fourth-order valence-corrected chi connectivity index (χ4v) is 2.69. The lowest BCUT2D eigenvalue weighted by Gasteiger charge is -2.37. The van der Waals surface area contributed by atoms with E-state index in [0.29, 0.717) is 24.9 Å². The van der Waals surface area contributed by atoms with Gasteiger partial charge in [-0.2, -0.15) is 0 Å². The minimum atomic E-state index is -0.987. The number of piperidine rings is 1. The van der Waals surface area contributed by atoms with Gasteiger partial charge in [-0.25, -0.2) is 9.59 Å². The Labute approximate surface area is 115 Å². The quantitative estimate of drug-likeness (QED) is 0.808. The topological polar surface area (TPSA) is 69.6 Å². The molecule has 0 spiro atoms. The Morgan fingerprint density at radius 1 is 1.21 bits per heavy atom. The number of nitrogens with one attached hydrogen (secondary N) is 1. The number of carbonyl (C=O) groups excluding carboxylic acids is 1. The van der Waals surface area contributed by atoms with E-state index >= 15 is 0 Å². The molecule has 110 valence electrons. The summed E-state index contributed by atoms with van der Waals surface area (Å²) >= 11 is 0. The molecule has 0 aromatic rings. The van der Waals surface area contributed by atoms with Gasteiger partial charge in [-0.1, -0.05) is 34.6 Å². The molecule has 3 unspecified atom stereocenters. The van der Waals surface area contributed by atoms with E-state index < -0.39 is 17.4 Å². The largest absolute Gasteiger partial charge is 0.480 e. The van der Waals surface area contributed by atoms with Gasteiger partial charge in [0.2, 0.25) is 0 Å². The average Bonchev–Trinajstić information content (AvgIpc) is 2.21. The number of carboxylic acid groups (broad SMARTS) is 1. The molecule has 1 fully saturated rings. The van der Waals surface area contributed by atoms with Crippen molar-refractivity contribution in [2.24, 2.45) is 17.3 Å². The van der Waals surface area contributed by atoms with E-state index in [9.17, 15) is 14.7 Å². The van der Waals surface area contributed by atoms with E-state index in [0.717, 1.165) is 6.42 Å². The van der Waals surface area contributed by atoms with E-state index in [2.05, 4.69) is 19.2 Å². The van der Waals surface area contributed by atoms with Crippen LogP contribution in [0.2, 0.25) is 0 Å². The number of hydrogen-bond donors (Lipinski definition) is 2. The van der Waals surface area contributed by atoms with Crippen LogP contribution in [0.25, 0.3) is 0 Å². The van der Waals surface area contributed by atoms with Crippen LogP contribution in [0.5, 0.6) is 0 Å². The summed E-state index contributed by atoms with van der Waals surface area (Å²) in [7, 11) is 0. The number of rotatable bonds is 2. The maximum atomic E-state index is 12.2. The standard InChI is InChI=1S/C14H26N2O3/c1-9-6-10(2)8-16(7-9)13(19)15-11(12(17)18)14(3,4)5/h9-11H,6-8H2,1-5H3,(H,15,19)(H,17,18). The van der Waals surface area contributed by atoms with Crippen LogP contribution in [0.15, 0.2) is 0 Å². The lowest BCUT2D eigenvalue weighted by Crippen LogP contribution is -2.55. The molecule has 1 aliphatic heterocycles. The molecule has 1 aliphatic rings. The van der Waals surface area contributed by atoms with Crippen LogP contribution in [0.3, 0.4) is 0 Å². The summed E-state index contributed by atoms with van der Waals surface area (Å²) in [6.07, 6.45) is 1.12. The van der Waals surface area contributed by atoms with Crippen molar-refractivity contribution >= 4 is 12.0 Å². The lowest BCUT2D eigenvalue weighted by molar-refractivity contribution is -0.142. The number of nitrogens with zero attached hydrogens (tertiary/aromatic N) is 1. The molecule has 1 saturated heterocycles. The fourth-order valence-electron chi connectivity index (χ4n) is 2.69. The molecule has 0 bridgehead atoms. The van der Waals surface area contributed by atoms with Crippen LogP contribution in [-0.4, -0.2) is 41.1 Å². The maximum absolute atomic E-state index is 12.2. The second kappa shape index (κ2) is 5.80. The molecule has 1 rings (SSSR count). The summed E-state index contributed by atoms with van der Waals surface area (Å²) in [5.41, 5.74) is -0.505. The molecule has 0 saturated carbocycles. The monoisotopic (exact) mass is 270 g/mol. The molecular formula is C14H26N2O3. The summed E-state index contributed by atoms with van der Waals surface area (Å²) in [5, 5.41) is 11.9. The number of urea groups is 1. The Bertz CT molecular complexity index is 339. The van der Waals surface area contributed by atoms with Crippen LogP contribution in [-0.2, 0) is 4.79 Å². The zero-order valence-electron chi connectivity index (χ0n) is 12.6. The molecule has 1 heterocycles. The minimum Gasteiger partial charge on any atom is -0.480 e. The van der Waals surface area contributed by atoms with E-state index in [4.69, 9.17) is 0 Å². The molecule has 2 N–H and O–H groups in total. The van der Waals surface area contributed by atoms with Crippen molar-refractivity contribution < 1.29 is 14.7 Å². The molecule has 5 nitrogen and oxygen atoms in total. The smallest absolute Gasteiger partial charge is 0.326 e. The lowest BCUT2D eigenvalue weighted by atomic mass is 9.87. The fraction of sp³-hybridized carbons (Fsp3) is 0.857. The van der Waals surface area contributed by atoms with Gasteiger partial charge in [-0.15, -0.1) is 0 Å². The Hall–Kier alpha value is -1.26. The summed E-state index contributed by atoms with van der Waals surface area (Å²) in [4.78, 5) is 25.2. The van der Waals surface area contributed by atoms with Crippen molar-refractivity contribution in [3.8, 4) is 0 Å². The summed E-state index contributed by atoms with van der Waals surface area (Å²) in [6.45, 7) is 11.1. The van der Waals surface area contributed by atoms with E-state index in [-0.39, 0.29) is 6.03 Å². The SMILES string of the molecule is CC1CC(C)CN(C(=O)NC(C(=O)O)C(C)(C)C)C1. The molecule has 19 heavy (non-hydrogen) atoms. The molecule has 0 aromatic heterocycles. The van der Waals surface area contributed by atoms with Gasteiger partial charge >= 0.3 is 12.0 Å². The second-order valence-electron chi connectivity index (χ2n) is 6.94. The molecule has 3 atom stereocenters. The molecule has 0 aromatic carbocycles. The van der Waals surface area contributed by atoms with Crippen LogP contribution < -0.4 is 5.32 Å². The molecule has 5 heteroatoms. The number of hydrogen-bond acceptors (Lipinski definition) is 2. The third kappa shape index (κ3) is 4.40. The van der Waals surface area contributed by atoms with E-state index in [1.165, 1.54) is 0 Å². The first kappa shape index (κ1) is 15.8. The number of amides is 2. The zero-order valence-corrected chi connectivity index (χ0v) is 12.6. The maximum Gasteiger partial charge on any atom is 0.326 e. The van der Waals surface area contributed by atoms with E-state index in [1.54, 1.807) is 4.90 Å². The Morgan fingerprint density at radius 2 is 1.68 bits per heavy atom. The van der Waals surface area contributed by atoms with Gasteiger partial charge < -0.3 is 15.3 Å². The highest BCUT2D eigenvalue weighted by Crippen LogP contribution is 2.23. The third-order valence-electron chi connectivity index (χ3n) is 3.54. The molecule has 0 radical (unpaired) electrons. The van der Waals surface area contributed by atoms with Crippen molar-refractivity contribution in [3.05, 3.63) is 0 Å². The highest BCUT2D eigenvalue weighted by Gasteiger charge is 2.35. The second-order valence-corrected chi connectivity index (χ2v) is 6.94. The number of likely N-dealkylation sites (tertiary alicyclic amines) is 1. The highest BCUT2D eigenvalue weighted by atomic mass is 16.4. The van der Waals surface area contributed by atoms with Gasteiger partial charge in [-0.05, 0) is 23.7 Å². The number of carbonyl (C=O) groups is 2. The van der Waals surface area contributed by atoms with Crippen LogP contribution in [0.4, 0.5) is 4.79 Å². The van der Waals surface area contributed by atoms with Crippen LogP contribution in [0, 0.1) is 17.3 Å². The molecule has 0 aliphatic carbocycles. The zero-order chi connectivity index (χ0) is 14.8. The predicted octanol–water partition coefficient (Wildman–Crippen LogP) is 2.17. The Kier molecular flexibility index (Phi) is 4.82. The average molecular weight is 270 g/mol. The normalized spacial score (nSPS) is 25.8. The predicted molar refractivity (Wildman–Crippen MR) is 73.9 cm³/mol. The van der Waals surface area contributed by atoms with Gasteiger partial charge in [-0.3, -0.25) is 0 Å². The molecular weight excluding hydrogens is 244 g/mol. The Balaban J connectivity index is 2.69. The first-order valence-electron chi connectivity index (χ1n) is 6.89. The highest BCUT2D eigenvalue weighted by molar-refractivity contribution is 5.83. The van der Waals surface area contributed by atoms with Crippen LogP contribution >= 0.6 is 0 Å².